The van der Waals surface area contributed by atoms with E-state index < -0.39 is 12.5 Å². The Morgan fingerprint density at radius 1 is 1.22 bits per heavy atom. The zero-order chi connectivity index (χ0) is 19.2. The second kappa shape index (κ2) is 6.56. The monoisotopic (exact) mass is 395 g/mol. The Kier molecular flexibility index (Phi) is 4.33. The quantitative estimate of drug-likeness (QED) is 0.656. The molecule has 0 saturated heterocycles. The average molecular weight is 395 g/mol. The summed E-state index contributed by atoms with van der Waals surface area (Å²) in [5, 5.41) is 0.615. The first-order valence-corrected chi connectivity index (χ1v) is 9.11. The Hall–Kier alpha value is -2.55. The molecule has 142 valence electrons. The zero-order valence-electron chi connectivity index (χ0n) is 14.5. The van der Waals surface area contributed by atoms with E-state index in [1.807, 2.05) is 43.3 Å². The van der Waals surface area contributed by atoms with Gasteiger partial charge in [-0.25, -0.2) is 4.98 Å². The van der Waals surface area contributed by atoms with Crippen molar-refractivity contribution in [3.8, 4) is 11.5 Å². The first kappa shape index (κ1) is 17.8. The summed E-state index contributed by atoms with van der Waals surface area (Å²) in [7, 11) is 3.95. The van der Waals surface area contributed by atoms with Crippen LogP contribution < -0.4 is 14.4 Å². The van der Waals surface area contributed by atoms with Gasteiger partial charge in [0.25, 0.3) is 0 Å². The van der Waals surface area contributed by atoms with Crippen molar-refractivity contribution < 1.29 is 22.6 Å². The minimum Gasteiger partial charge on any atom is -0.447 e. The third-order valence-corrected chi connectivity index (χ3v) is 5.03. The number of alkyl halides is 3. The van der Waals surface area contributed by atoms with E-state index in [0.29, 0.717) is 21.9 Å². The highest BCUT2D eigenvalue weighted by atomic mass is 32.2. The number of para-hydroxylation sites is 1. The standard InChI is InChI=1S/C18H16F3N3O2S/c1-24(2)13-6-4-3-5-10(13)9-27-17-22-11-7-14-15(8-12(11)23-17)26-18(20,21)16(19)25-14/h3-8,16H,9H2,1-2H3,(H,22,23). The van der Waals surface area contributed by atoms with E-state index in [2.05, 4.69) is 19.4 Å². The van der Waals surface area contributed by atoms with Crippen LogP contribution in [0.1, 0.15) is 5.56 Å². The molecule has 2 aromatic carbocycles. The van der Waals surface area contributed by atoms with Gasteiger partial charge in [0.2, 0.25) is 0 Å². The van der Waals surface area contributed by atoms with Gasteiger partial charge in [0, 0.05) is 37.7 Å². The molecule has 0 fully saturated rings. The molecule has 0 spiro atoms. The van der Waals surface area contributed by atoms with Crippen LogP contribution in [-0.4, -0.2) is 36.5 Å². The number of halogens is 3. The lowest BCUT2D eigenvalue weighted by atomic mass is 10.2. The van der Waals surface area contributed by atoms with Crippen LogP contribution in [0.2, 0.25) is 0 Å². The van der Waals surface area contributed by atoms with E-state index in [4.69, 9.17) is 0 Å². The molecule has 1 N–H and O–H groups in total. The smallest absolute Gasteiger partial charge is 0.447 e. The number of anilines is 1. The van der Waals surface area contributed by atoms with Crippen LogP contribution in [0.4, 0.5) is 18.9 Å². The summed E-state index contributed by atoms with van der Waals surface area (Å²) in [6.45, 7) is 0. The van der Waals surface area contributed by atoms with Gasteiger partial charge in [-0.3, -0.25) is 0 Å². The molecule has 0 saturated carbocycles. The van der Waals surface area contributed by atoms with Crippen molar-refractivity contribution in [2.24, 2.45) is 0 Å². The lowest BCUT2D eigenvalue weighted by Gasteiger charge is -2.28. The molecule has 1 aliphatic heterocycles. The van der Waals surface area contributed by atoms with Gasteiger partial charge < -0.3 is 19.4 Å². The summed E-state index contributed by atoms with van der Waals surface area (Å²) in [4.78, 5) is 9.52. The van der Waals surface area contributed by atoms with E-state index in [9.17, 15) is 13.2 Å². The lowest BCUT2D eigenvalue weighted by molar-refractivity contribution is -0.281. The topological polar surface area (TPSA) is 50.4 Å². The fourth-order valence-corrected chi connectivity index (χ4v) is 3.70. The van der Waals surface area contributed by atoms with E-state index in [1.165, 1.54) is 23.9 Å². The van der Waals surface area contributed by atoms with Crippen LogP contribution in [-0.2, 0) is 5.75 Å². The number of H-pyrrole nitrogens is 1. The minimum atomic E-state index is -4.02. The van der Waals surface area contributed by atoms with Crippen molar-refractivity contribution in [2.45, 2.75) is 23.4 Å². The van der Waals surface area contributed by atoms with Crippen LogP contribution >= 0.6 is 11.8 Å². The molecule has 5 nitrogen and oxygen atoms in total. The first-order valence-electron chi connectivity index (χ1n) is 8.13. The fraction of sp³-hybridized carbons (Fsp3) is 0.278. The largest absolute Gasteiger partial charge is 0.468 e. The Bertz CT molecular complexity index is 993. The summed E-state index contributed by atoms with van der Waals surface area (Å²) in [6, 6.07) is 10.7. The number of hydrogen-bond acceptors (Lipinski definition) is 5. The number of nitrogens with one attached hydrogen (secondary N) is 1. The molecule has 4 rings (SSSR count). The number of thioether (sulfide) groups is 1. The van der Waals surface area contributed by atoms with E-state index in [0.717, 1.165) is 11.3 Å². The van der Waals surface area contributed by atoms with Gasteiger partial charge in [-0.1, -0.05) is 30.0 Å². The number of aromatic nitrogens is 2. The molecule has 0 aliphatic carbocycles. The number of aromatic amines is 1. The normalized spacial score (nSPS) is 17.9. The number of fused-ring (bicyclic) bond motifs is 2. The molecule has 3 aromatic rings. The summed E-state index contributed by atoms with van der Waals surface area (Å²) in [5.74, 6) is 0.354. The molecular formula is C18H16F3N3O2S. The molecule has 9 heteroatoms. The van der Waals surface area contributed by atoms with Gasteiger partial charge in [0.15, 0.2) is 16.7 Å². The Morgan fingerprint density at radius 2 is 2.00 bits per heavy atom. The number of ether oxygens (including phenoxy) is 2. The maximum absolute atomic E-state index is 13.3. The van der Waals surface area contributed by atoms with Gasteiger partial charge >= 0.3 is 12.5 Å². The molecule has 1 aliphatic rings. The van der Waals surface area contributed by atoms with Crippen LogP contribution in [0.3, 0.4) is 0 Å². The molecule has 0 amide bonds. The number of benzene rings is 2. The van der Waals surface area contributed by atoms with Gasteiger partial charge in [0.1, 0.15) is 0 Å². The van der Waals surface area contributed by atoms with Crippen molar-refractivity contribution in [1.29, 1.82) is 0 Å². The van der Waals surface area contributed by atoms with Crippen molar-refractivity contribution >= 4 is 28.5 Å². The first-order chi connectivity index (χ1) is 12.8. The highest BCUT2D eigenvalue weighted by Crippen LogP contribution is 2.42. The number of nitrogens with zero attached hydrogens (tertiary/aromatic N) is 2. The SMILES string of the molecule is CN(C)c1ccccc1CSc1nc2cc3c(cc2[nH]1)OC(F)C(F)(F)O3. The van der Waals surface area contributed by atoms with Crippen LogP contribution in [0, 0.1) is 0 Å². The van der Waals surface area contributed by atoms with Crippen molar-refractivity contribution in [3.63, 3.8) is 0 Å². The Labute approximate surface area is 157 Å². The lowest BCUT2D eigenvalue weighted by Crippen LogP contribution is -2.43. The molecule has 0 bridgehead atoms. The number of hydrogen-bond donors (Lipinski definition) is 1. The highest BCUT2D eigenvalue weighted by Gasteiger charge is 2.49. The molecule has 27 heavy (non-hydrogen) atoms. The molecular weight excluding hydrogens is 379 g/mol. The van der Waals surface area contributed by atoms with Gasteiger partial charge in [-0.05, 0) is 11.6 Å². The predicted octanol–water partition coefficient (Wildman–Crippen LogP) is 4.58. The van der Waals surface area contributed by atoms with Gasteiger partial charge in [0.05, 0.1) is 11.0 Å². The van der Waals surface area contributed by atoms with Crippen molar-refractivity contribution in [2.75, 3.05) is 19.0 Å². The van der Waals surface area contributed by atoms with E-state index >= 15 is 0 Å². The van der Waals surface area contributed by atoms with E-state index in [1.54, 1.807) is 0 Å². The maximum Gasteiger partial charge on any atom is 0.468 e. The molecule has 2 heterocycles. The Balaban J connectivity index is 1.58. The third-order valence-electron chi connectivity index (χ3n) is 4.10. The minimum absolute atomic E-state index is 0.0842. The van der Waals surface area contributed by atoms with Crippen molar-refractivity contribution in [1.82, 2.24) is 9.97 Å². The number of imidazole rings is 1. The van der Waals surface area contributed by atoms with E-state index in [-0.39, 0.29) is 11.5 Å². The second-order valence-corrected chi connectivity index (χ2v) is 7.23. The van der Waals surface area contributed by atoms with Crippen LogP contribution in [0.5, 0.6) is 11.5 Å². The Morgan fingerprint density at radius 3 is 2.78 bits per heavy atom. The second-order valence-electron chi connectivity index (χ2n) is 6.27. The average Bonchev–Trinajstić information content (AvgIpc) is 3.00. The van der Waals surface area contributed by atoms with Crippen molar-refractivity contribution in [3.05, 3.63) is 42.0 Å². The molecule has 1 atom stereocenters. The number of rotatable bonds is 4. The molecule has 1 unspecified atom stereocenters. The zero-order valence-corrected chi connectivity index (χ0v) is 15.3. The van der Waals surface area contributed by atoms with Crippen LogP contribution in [0.25, 0.3) is 11.0 Å². The predicted molar refractivity (Wildman–Crippen MR) is 97.5 cm³/mol. The summed E-state index contributed by atoms with van der Waals surface area (Å²) in [6.07, 6.45) is -6.87. The fourth-order valence-electron chi connectivity index (χ4n) is 2.82. The summed E-state index contributed by atoms with van der Waals surface area (Å²) >= 11 is 1.48. The van der Waals surface area contributed by atoms with Gasteiger partial charge in [-0.15, -0.1) is 0 Å². The third kappa shape index (κ3) is 3.39. The summed E-state index contributed by atoms with van der Waals surface area (Å²) < 4.78 is 49.1. The highest BCUT2D eigenvalue weighted by molar-refractivity contribution is 7.98. The van der Waals surface area contributed by atoms with Gasteiger partial charge in [-0.2, -0.15) is 13.2 Å². The summed E-state index contributed by atoms with van der Waals surface area (Å²) in [5.41, 5.74) is 3.24. The maximum atomic E-state index is 13.3. The molecule has 1 aromatic heterocycles. The van der Waals surface area contributed by atoms with Crippen LogP contribution in [0.15, 0.2) is 41.6 Å². The molecule has 0 radical (unpaired) electrons.